The van der Waals surface area contributed by atoms with Gasteiger partial charge in [-0.3, -0.25) is 20.8 Å². The number of hydrogen-bond acceptors (Lipinski definition) is 3. The Bertz CT molecular complexity index is 340. The molecule has 0 fully saturated rings. The Morgan fingerprint density at radius 1 is 1.06 bits per heavy atom. The molecule has 4 nitrogen and oxygen atoms in total. The molecule has 0 aromatic rings. The second kappa shape index (κ2) is 4.62. The average molecular weight is 392 g/mol. The van der Waals surface area contributed by atoms with Crippen LogP contribution in [0.25, 0.3) is 0 Å². The molecule has 0 radical (unpaired) electrons. The van der Waals surface area contributed by atoms with Crippen molar-refractivity contribution in [1.29, 1.82) is 0 Å². The average Bonchev–Trinajstić information content (AvgIpc) is 2.46. The quantitative estimate of drug-likeness (QED) is 0.528. The summed E-state index contributed by atoms with van der Waals surface area (Å²) in [6.07, 6.45) is 4.30. The van der Waals surface area contributed by atoms with Crippen molar-refractivity contribution < 1.29 is 35.4 Å². The third kappa shape index (κ3) is 2.17. The summed E-state index contributed by atoms with van der Waals surface area (Å²) in [5.74, 6) is -0.762. The molecule has 0 spiro atoms. The first-order valence-electron chi connectivity index (χ1n) is 4.69. The minimum Gasteiger partial charge on any atom is -0.541 e. The van der Waals surface area contributed by atoms with Gasteiger partial charge in [-0.15, -0.1) is 5.41 Å². The molecule has 1 rings (SSSR count). The van der Waals surface area contributed by atoms with Crippen molar-refractivity contribution in [2.45, 2.75) is 33.2 Å². The Hall–Kier alpha value is -0.762. The van der Waals surface area contributed by atoms with Crippen molar-refractivity contribution in [3.05, 3.63) is 12.2 Å². The van der Waals surface area contributed by atoms with Crippen LogP contribution in [0.5, 0.6) is 0 Å². The smallest absolute Gasteiger partial charge is 0.254 e. The van der Waals surface area contributed by atoms with E-state index in [0.29, 0.717) is 0 Å². The van der Waals surface area contributed by atoms with E-state index in [9.17, 15) is 14.4 Å². The maximum Gasteiger partial charge on any atom is 0.254 e. The van der Waals surface area contributed by atoms with Gasteiger partial charge in [-0.1, -0.05) is 13.8 Å². The van der Waals surface area contributed by atoms with Gasteiger partial charge < -0.3 is 4.79 Å². The van der Waals surface area contributed by atoms with Crippen LogP contribution >= 0.6 is 0 Å². The number of nitrogens with zero attached hydrogens (tertiary/aromatic N) is 1. The number of carbonyl (C=O) groups is 2. The Morgan fingerprint density at radius 3 is 1.75 bits per heavy atom. The van der Waals surface area contributed by atoms with Crippen molar-refractivity contribution in [1.82, 2.24) is 4.90 Å². The van der Waals surface area contributed by atoms with Gasteiger partial charge in [0, 0.05) is 38.8 Å². The Balaban J connectivity index is 0.00000225. The van der Waals surface area contributed by atoms with E-state index in [-0.39, 0.29) is 32.9 Å². The van der Waals surface area contributed by atoms with E-state index in [1.165, 1.54) is 12.2 Å². The summed E-state index contributed by atoms with van der Waals surface area (Å²) in [4.78, 5) is 34.9. The standard InChI is InChI=1S/C11H14NO3.W/c1-10(2,7-13)11(3,4)12-8(14)5-6-9(12)15;/h5-6H,1-4H3;/q-1;. The van der Waals surface area contributed by atoms with E-state index in [1.807, 2.05) is 6.29 Å². The molecule has 0 bridgehead atoms. The fourth-order valence-corrected chi connectivity index (χ4v) is 1.36. The van der Waals surface area contributed by atoms with Crippen molar-refractivity contribution in [2.24, 2.45) is 5.41 Å². The Labute approximate surface area is 109 Å². The third-order valence-electron chi connectivity index (χ3n) is 3.15. The predicted molar refractivity (Wildman–Crippen MR) is 54.5 cm³/mol. The molecule has 1 aliphatic heterocycles. The molecule has 0 aromatic heterocycles. The van der Waals surface area contributed by atoms with E-state index in [1.54, 1.807) is 27.7 Å². The molecule has 1 heterocycles. The predicted octanol–water partition coefficient (Wildman–Crippen LogP) is 0.823. The van der Waals surface area contributed by atoms with Gasteiger partial charge >= 0.3 is 0 Å². The largest absolute Gasteiger partial charge is 0.541 e. The molecule has 0 N–H and O–H groups in total. The zero-order valence-corrected chi connectivity index (χ0v) is 12.7. The van der Waals surface area contributed by atoms with Gasteiger partial charge in [0.2, 0.25) is 0 Å². The number of amides is 2. The Morgan fingerprint density at radius 2 is 1.44 bits per heavy atom. The van der Waals surface area contributed by atoms with Crippen molar-refractivity contribution >= 4 is 18.1 Å². The van der Waals surface area contributed by atoms with Crippen LogP contribution in [0.2, 0.25) is 0 Å². The topological polar surface area (TPSA) is 54.5 Å². The maximum absolute atomic E-state index is 11.5. The molecule has 0 aliphatic carbocycles. The molecular formula is C11H14NO3W-. The van der Waals surface area contributed by atoms with E-state index in [0.717, 1.165) is 4.90 Å². The first-order chi connectivity index (χ1) is 6.74. The van der Waals surface area contributed by atoms with Crippen LogP contribution in [-0.2, 0) is 35.4 Å². The summed E-state index contributed by atoms with van der Waals surface area (Å²) in [7, 11) is 0. The van der Waals surface area contributed by atoms with Crippen LogP contribution in [0.4, 0.5) is 0 Å². The zero-order valence-electron chi connectivity index (χ0n) is 9.73. The van der Waals surface area contributed by atoms with Crippen LogP contribution in [0, 0.1) is 5.41 Å². The fraction of sp³-hybridized carbons (Fsp3) is 0.545. The van der Waals surface area contributed by atoms with Gasteiger partial charge in [0.15, 0.2) is 0 Å². The number of imide groups is 1. The van der Waals surface area contributed by atoms with Gasteiger partial charge in [0.05, 0.1) is 0 Å². The zero-order chi connectivity index (χ0) is 11.9. The molecule has 2 amide bonds. The number of hydrogen-bond donors (Lipinski definition) is 0. The molecule has 0 unspecified atom stereocenters. The van der Waals surface area contributed by atoms with Crippen molar-refractivity contribution in [3.63, 3.8) is 0 Å². The summed E-state index contributed by atoms with van der Waals surface area (Å²) >= 11 is 0. The van der Waals surface area contributed by atoms with Gasteiger partial charge in [-0.05, 0) is 13.8 Å². The SMILES string of the molecule is CC(C)([C-]=O)C(C)(C)N1C(=O)C=CC1=O.[W]. The Kier molecular flexibility index (Phi) is 4.40. The second-order valence-corrected chi connectivity index (χ2v) is 4.63. The molecule has 1 aliphatic rings. The normalized spacial score (nSPS) is 16.4. The van der Waals surface area contributed by atoms with E-state index < -0.39 is 11.0 Å². The molecule has 0 atom stereocenters. The molecular weight excluding hydrogens is 378 g/mol. The van der Waals surface area contributed by atoms with Gasteiger partial charge in [0.1, 0.15) is 0 Å². The molecule has 16 heavy (non-hydrogen) atoms. The second-order valence-electron chi connectivity index (χ2n) is 4.63. The molecule has 88 valence electrons. The third-order valence-corrected chi connectivity index (χ3v) is 3.15. The molecule has 0 aromatic carbocycles. The van der Waals surface area contributed by atoms with E-state index in [4.69, 9.17) is 0 Å². The minimum absolute atomic E-state index is 0. The minimum atomic E-state index is -0.898. The van der Waals surface area contributed by atoms with Crippen LogP contribution in [0.15, 0.2) is 12.2 Å². The summed E-state index contributed by atoms with van der Waals surface area (Å²) in [5.41, 5.74) is -1.78. The van der Waals surface area contributed by atoms with E-state index in [2.05, 4.69) is 0 Å². The van der Waals surface area contributed by atoms with Gasteiger partial charge in [-0.25, -0.2) is 0 Å². The van der Waals surface area contributed by atoms with Crippen molar-refractivity contribution in [3.8, 4) is 0 Å². The summed E-state index contributed by atoms with van der Waals surface area (Å²) in [6, 6.07) is 0. The first-order valence-corrected chi connectivity index (χ1v) is 4.69. The van der Waals surface area contributed by atoms with Crippen molar-refractivity contribution in [2.75, 3.05) is 0 Å². The monoisotopic (exact) mass is 392 g/mol. The molecule has 0 saturated heterocycles. The molecule has 0 saturated carbocycles. The van der Waals surface area contributed by atoms with E-state index >= 15 is 0 Å². The van der Waals surface area contributed by atoms with Crippen LogP contribution < -0.4 is 0 Å². The summed E-state index contributed by atoms with van der Waals surface area (Å²) in [5, 5.41) is 0. The maximum atomic E-state index is 11.5. The number of rotatable bonds is 3. The van der Waals surface area contributed by atoms with Crippen LogP contribution in [0.3, 0.4) is 0 Å². The summed E-state index contributed by atoms with van der Waals surface area (Å²) in [6.45, 7) is 6.67. The van der Waals surface area contributed by atoms with Crippen LogP contribution in [0.1, 0.15) is 27.7 Å². The fourth-order valence-electron chi connectivity index (χ4n) is 1.36. The summed E-state index contributed by atoms with van der Waals surface area (Å²) < 4.78 is 0. The van der Waals surface area contributed by atoms with Gasteiger partial charge in [0.25, 0.3) is 11.8 Å². The molecule has 5 heteroatoms. The first kappa shape index (κ1) is 15.2. The van der Waals surface area contributed by atoms with Crippen LogP contribution in [-0.4, -0.2) is 28.5 Å². The van der Waals surface area contributed by atoms with Gasteiger partial charge in [-0.2, -0.15) is 0 Å². The number of carbonyl (C=O) groups excluding carboxylic acids is 3.